The highest BCUT2D eigenvalue weighted by Crippen LogP contribution is 2.30. The molecule has 3 rings (SSSR count). The lowest BCUT2D eigenvalue weighted by Gasteiger charge is -2.31. The van der Waals surface area contributed by atoms with Gasteiger partial charge < -0.3 is 9.80 Å². The maximum Gasteiger partial charge on any atom is 0.327 e. The van der Waals surface area contributed by atoms with Gasteiger partial charge in [0.05, 0.1) is 0 Å². The Morgan fingerprint density at radius 3 is 2.40 bits per heavy atom. The Bertz CT molecular complexity index is 439. The van der Waals surface area contributed by atoms with Crippen LogP contribution in [0.3, 0.4) is 0 Å². The lowest BCUT2D eigenvalue weighted by atomic mass is 9.99. The second kappa shape index (κ2) is 5.07. The fraction of sp³-hybridized carbons (Fsp3) is 0.786. The Kier molecular flexibility index (Phi) is 3.40. The number of urea groups is 1. The number of hydrogen-bond donors (Lipinski definition) is 0. The first-order chi connectivity index (χ1) is 9.56. The summed E-state index contributed by atoms with van der Waals surface area (Å²) < 4.78 is 0. The molecule has 0 unspecified atom stereocenters. The van der Waals surface area contributed by atoms with E-state index in [0.717, 1.165) is 43.7 Å². The second-order valence-corrected chi connectivity index (χ2v) is 6.18. The van der Waals surface area contributed by atoms with Gasteiger partial charge in [-0.25, -0.2) is 4.79 Å². The average molecular weight is 279 g/mol. The molecule has 0 aromatic heterocycles. The lowest BCUT2D eigenvalue weighted by Crippen LogP contribution is -2.46. The first-order valence-corrected chi connectivity index (χ1v) is 7.45. The number of nitrogens with zero attached hydrogens (tertiary/aromatic N) is 3. The second-order valence-electron chi connectivity index (χ2n) is 6.18. The van der Waals surface area contributed by atoms with Crippen LogP contribution in [-0.4, -0.2) is 64.8 Å². The van der Waals surface area contributed by atoms with Gasteiger partial charge in [-0.3, -0.25) is 14.5 Å². The van der Waals surface area contributed by atoms with Crippen molar-refractivity contribution in [1.29, 1.82) is 0 Å². The van der Waals surface area contributed by atoms with E-state index in [1.54, 1.807) is 9.80 Å². The van der Waals surface area contributed by atoms with Crippen molar-refractivity contribution in [3.8, 4) is 0 Å². The van der Waals surface area contributed by atoms with Gasteiger partial charge in [0.2, 0.25) is 5.91 Å². The highest BCUT2D eigenvalue weighted by atomic mass is 16.2. The minimum Gasteiger partial charge on any atom is -0.341 e. The number of carbonyl (C=O) groups excluding carboxylic acids is 3. The Balaban J connectivity index is 1.58. The molecule has 0 atom stereocenters. The molecule has 1 saturated carbocycles. The number of rotatable bonds is 3. The van der Waals surface area contributed by atoms with E-state index < -0.39 is 0 Å². The van der Waals surface area contributed by atoms with Crippen LogP contribution in [0.5, 0.6) is 0 Å². The van der Waals surface area contributed by atoms with Gasteiger partial charge in [0.1, 0.15) is 13.1 Å². The van der Waals surface area contributed by atoms with Crippen molar-refractivity contribution in [3.05, 3.63) is 0 Å². The molecule has 20 heavy (non-hydrogen) atoms. The zero-order valence-corrected chi connectivity index (χ0v) is 11.9. The lowest BCUT2D eigenvalue weighted by molar-refractivity contribution is -0.137. The summed E-state index contributed by atoms with van der Waals surface area (Å²) in [6, 6.07) is -0.0568. The van der Waals surface area contributed by atoms with Crippen molar-refractivity contribution < 1.29 is 14.4 Å². The van der Waals surface area contributed by atoms with E-state index in [4.69, 9.17) is 0 Å². The zero-order valence-electron chi connectivity index (χ0n) is 11.9. The van der Waals surface area contributed by atoms with Gasteiger partial charge in [-0.1, -0.05) is 6.92 Å². The molecule has 110 valence electrons. The molecule has 0 spiro atoms. The first kappa shape index (κ1) is 13.4. The summed E-state index contributed by atoms with van der Waals surface area (Å²) in [4.78, 5) is 40.7. The van der Waals surface area contributed by atoms with E-state index in [9.17, 15) is 14.4 Å². The van der Waals surface area contributed by atoms with Crippen LogP contribution in [0.2, 0.25) is 0 Å². The molecule has 2 heterocycles. The quantitative estimate of drug-likeness (QED) is 0.713. The van der Waals surface area contributed by atoms with E-state index in [1.165, 1.54) is 0 Å². The Morgan fingerprint density at radius 1 is 1.15 bits per heavy atom. The van der Waals surface area contributed by atoms with Crippen LogP contribution in [-0.2, 0) is 9.59 Å². The van der Waals surface area contributed by atoms with Gasteiger partial charge in [-0.05, 0) is 31.6 Å². The predicted molar refractivity (Wildman–Crippen MR) is 71.8 cm³/mol. The van der Waals surface area contributed by atoms with Crippen LogP contribution < -0.4 is 0 Å². The van der Waals surface area contributed by atoms with Crippen LogP contribution in [0.1, 0.15) is 32.6 Å². The third kappa shape index (κ3) is 2.51. The molecule has 1 aliphatic carbocycles. The van der Waals surface area contributed by atoms with Crippen molar-refractivity contribution >= 4 is 17.8 Å². The van der Waals surface area contributed by atoms with Crippen molar-refractivity contribution in [2.45, 2.75) is 38.6 Å². The maximum atomic E-state index is 12.2. The first-order valence-electron chi connectivity index (χ1n) is 7.45. The number of amides is 4. The summed E-state index contributed by atoms with van der Waals surface area (Å²) in [5, 5.41) is 0. The molecule has 0 N–H and O–H groups in total. The minimum absolute atomic E-state index is 0.0880. The summed E-state index contributed by atoms with van der Waals surface area (Å²) in [5.41, 5.74) is 0. The summed E-state index contributed by atoms with van der Waals surface area (Å²) in [6.07, 6.45) is 3.96. The van der Waals surface area contributed by atoms with Crippen LogP contribution in [0.25, 0.3) is 0 Å². The molecule has 2 aliphatic heterocycles. The van der Waals surface area contributed by atoms with Crippen molar-refractivity contribution in [2.24, 2.45) is 5.92 Å². The van der Waals surface area contributed by atoms with E-state index in [2.05, 4.69) is 6.92 Å². The Labute approximate surface area is 118 Å². The average Bonchev–Trinajstić information content (AvgIpc) is 3.22. The van der Waals surface area contributed by atoms with Gasteiger partial charge in [0, 0.05) is 19.1 Å². The van der Waals surface area contributed by atoms with Crippen LogP contribution in [0, 0.1) is 5.92 Å². The summed E-state index contributed by atoms with van der Waals surface area (Å²) >= 11 is 0. The third-order valence-electron chi connectivity index (χ3n) is 4.50. The number of hydrogen-bond acceptors (Lipinski definition) is 3. The standard InChI is InChI=1S/C14H21N3O3/c1-10-4-6-15(7-5-10)12(18)8-17-13(19)9-16(14(17)20)11-2-3-11/h10-11H,2-9H2,1H3. The summed E-state index contributed by atoms with van der Waals surface area (Å²) in [7, 11) is 0. The number of likely N-dealkylation sites (tertiary alicyclic amines) is 1. The largest absolute Gasteiger partial charge is 0.341 e. The van der Waals surface area contributed by atoms with E-state index in [0.29, 0.717) is 5.92 Å². The molecule has 3 fully saturated rings. The van der Waals surface area contributed by atoms with Crippen molar-refractivity contribution in [3.63, 3.8) is 0 Å². The van der Waals surface area contributed by atoms with Crippen LogP contribution in [0.15, 0.2) is 0 Å². The topological polar surface area (TPSA) is 60.9 Å². The maximum absolute atomic E-state index is 12.2. The number of carbonyl (C=O) groups is 3. The van der Waals surface area contributed by atoms with E-state index in [1.807, 2.05) is 0 Å². The van der Waals surface area contributed by atoms with Crippen LogP contribution >= 0.6 is 0 Å². The van der Waals surface area contributed by atoms with Gasteiger partial charge in [0.15, 0.2) is 0 Å². The predicted octanol–water partition coefficient (Wildman–Crippen LogP) is 0.672. The molecule has 0 aromatic carbocycles. The molecule has 0 bridgehead atoms. The molecule has 6 heteroatoms. The Morgan fingerprint density at radius 2 is 1.80 bits per heavy atom. The zero-order chi connectivity index (χ0) is 14.3. The van der Waals surface area contributed by atoms with Crippen molar-refractivity contribution in [2.75, 3.05) is 26.2 Å². The van der Waals surface area contributed by atoms with Gasteiger partial charge in [-0.2, -0.15) is 0 Å². The highest BCUT2D eigenvalue weighted by Gasteiger charge is 2.44. The molecular weight excluding hydrogens is 258 g/mol. The highest BCUT2D eigenvalue weighted by molar-refractivity contribution is 6.04. The van der Waals surface area contributed by atoms with Gasteiger partial charge in [0.25, 0.3) is 5.91 Å². The molecule has 4 amide bonds. The molecule has 6 nitrogen and oxygen atoms in total. The van der Waals surface area contributed by atoms with E-state index >= 15 is 0 Å². The molecular formula is C14H21N3O3. The fourth-order valence-electron chi connectivity index (χ4n) is 2.88. The summed E-state index contributed by atoms with van der Waals surface area (Å²) in [6.45, 7) is 3.72. The monoisotopic (exact) mass is 279 g/mol. The smallest absolute Gasteiger partial charge is 0.327 e. The fourth-order valence-corrected chi connectivity index (χ4v) is 2.88. The molecule has 0 radical (unpaired) electrons. The van der Waals surface area contributed by atoms with Gasteiger partial charge in [-0.15, -0.1) is 0 Å². The van der Waals surface area contributed by atoms with Crippen LogP contribution in [0.4, 0.5) is 4.79 Å². The molecule has 2 saturated heterocycles. The summed E-state index contributed by atoms with van der Waals surface area (Å²) in [5.74, 6) is 0.316. The van der Waals surface area contributed by atoms with E-state index in [-0.39, 0.29) is 37.0 Å². The number of piperidine rings is 1. The van der Waals surface area contributed by atoms with Crippen molar-refractivity contribution in [1.82, 2.24) is 14.7 Å². The Hall–Kier alpha value is -1.59. The number of imide groups is 1. The normalized spacial score (nSPS) is 24.8. The molecule has 0 aromatic rings. The minimum atomic E-state index is -0.281. The molecule has 3 aliphatic rings. The SMILES string of the molecule is CC1CCN(C(=O)CN2C(=O)CN(C3CC3)C2=O)CC1. The van der Waals surface area contributed by atoms with Gasteiger partial charge >= 0.3 is 6.03 Å². The third-order valence-corrected chi connectivity index (χ3v) is 4.50.